The van der Waals surface area contributed by atoms with Crippen molar-refractivity contribution in [3.8, 4) is 11.4 Å². The first-order valence-electron chi connectivity index (χ1n) is 5.46. The number of carboxylic acid groups (broad SMARTS) is 1. The minimum atomic E-state index is -0.851. The number of aliphatic carboxylic acids is 1. The zero-order chi connectivity index (χ0) is 13.0. The van der Waals surface area contributed by atoms with Gasteiger partial charge in [0, 0.05) is 6.42 Å². The predicted octanol–water partition coefficient (Wildman–Crippen LogP) is 1.29. The first-order valence-corrected chi connectivity index (χ1v) is 5.46. The van der Waals surface area contributed by atoms with Gasteiger partial charge < -0.3 is 9.84 Å². The van der Waals surface area contributed by atoms with Crippen LogP contribution in [-0.2, 0) is 11.2 Å². The summed E-state index contributed by atoms with van der Waals surface area (Å²) in [6.45, 7) is 0. The summed E-state index contributed by atoms with van der Waals surface area (Å²) >= 11 is 0. The molecule has 1 heterocycles. The van der Waals surface area contributed by atoms with E-state index in [4.69, 9.17) is 9.84 Å². The van der Waals surface area contributed by atoms with E-state index in [1.807, 2.05) is 24.3 Å². The third kappa shape index (κ3) is 2.85. The van der Waals surface area contributed by atoms with Crippen LogP contribution in [0.4, 0.5) is 0 Å². The van der Waals surface area contributed by atoms with E-state index in [2.05, 4.69) is 10.1 Å². The maximum Gasteiger partial charge on any atom is 0.303 e. The zero-order valence-electron chi connectivity index (χ0n) is 9.91. The summed E-state index contributed by atoms with van der Waals surface area (Å²) in [7, 11) is 1.61. The van der Waals surface area contributed by atoms with E-state index in [9.17, 15) is 4.79 Å². The third-order valence-corrected chi connectivity index (χ3v) is 2.44. The summed E-state index contributed by atoms with van der Waals surface area (Å²) in [5, 5.41) is 12.8. The lowest BCUT2D eigenvalue weighted by molar-refractivity contribution is -0.137. The fourth-order valence-corrected chi connectivity index (χ4v) is 1.49. The molecule has 6 nitrogen and oxygen atoms in total. The highest BCUT2D eigenvalue weighted by Gasteiger charge is 2.05. The Hall–Kier alpha value is -2.37. The quantitative estimate of drug-likeness (QED) is 0.861. The molecule has 0 aliphatic rings. The first kappa shape index (κ1) is 12.1. The number of carboxylic acids is 1. The van der Waals surface area contributed by atoms with Crippen LogP contribution < -0.4 is 4.74 Å². The highest BCUT2D eigenvalue weighted by atomic mass is 16.5. The van der Waals surface area contributed by atoms with Crippen LogP contribution in [0.25, 0.3) is 5.69 Å². The number of hydrogen-bond donors (Lipinski definition) is 1. The summed E-state index contributed by atoms with van der Waals surface area (Å²) in [5.41, 5.74) is 0.852. The summed E-state index contributed by atoms with van der Waals surface area (Å²) < 4.78 is 6.67. The van der Waals surface area contributed by atoms with E-state index < -0.39 is 5.97 Å². The van der Waals surface area contributed by atoms with Gasteiger partial charge in [-0.2, -0.15) is 5.10 Å². The summed E-state index contributed by atoms with van der Waals surface area (Å²) in [6, 6.07) is 7.37. The average Bonchev–Trinajstić information content (AvgIpc) is 2.85. The van der Waals surface area contributed by atoms with Crippen LogP contribution in [0.2, 0.25) is 0 Å². The van der Waals surface area contributed by atoms with Gasteiger partial charge in [0.1, 0.15) is 12.1 Å². The van der Waals surface area contributed by atoms with E-state index in [0.29, 0.717) is 12.2 Å². The number of rotatable bonds is 5. The maximum absolute atomic E-state index is 10.4. The molecule has 0 saturated carbocycles. The molecule has 18 heavy (non-hydrogen) atoms. The van der Waals surface area contributed by atoms with Crippen molar-refractivity contribution in [2.45, 2.75) is 12.8 Å². The topological polar surface area (TPSA) is 77.2 Å². The van der Waals surface area contributed by atoms with Crippen LogP contribution in [-0.4, -0.2) is 33.0 Å². The molecule has 0 aliphatic heterocycles. The Kier molecular flexibility index (Phi) is 3.57. The summed E-state index contributed by atoms with van der Waals surface area (Å²) in [6.07, 6.45) is 1.93. The molecule has 6 heteroatoms. The molecule has 1 N–H and O–H groups in total. The molecule has 0 saturated heterocycles. The molecule has 2 rings (SSSR count). The molecule has 0 atom stereocenters. The second-order valence-electron chi connectivity index (χ2n) is 3.70. The van der Waals surface area contributed by atoms with Crippen molar-refractivity contribution < 1.29 is 14.6 Å². The Labute approximate surface area is 104 Å². The number of benzene rings is 1. The van der Waals surface area contributed by atoms with Gasteiger partial charge in [-0.05, 0) is 24.3 Å². The highest BCUT2D eigenvalue weighted by Crippen LogP contribution is 2.14. The van der Waals surface area contributed by atoms with Gasteiger partial charge >= 0.3 is 5.97 Å². The fourth-order valence-electron chi connectivity index (χ4n) is 1.49. The molecule has 0 fully saturated rings. The smallest absolute Gasteiger partial charge is 0.303 e. The number of carbonyl (C=O) groups is 1. The number of methoxy groups -OCH3 is 1. The summed E-state index contributed by atoms with van der Waals surface area (Å²) in [5.74, 6) is 0.439. The van der Waals surface area contributed by atoms with Crippen molar-refractivity contribution in [2.75, 3.05) is 7.11 Å². The van der Waals surface area contributed by atoms with Crippen LogP contribution >= 0.6 is 0 Å². The first-order chi connectivity index (χ1) is 8.69. The molecular formula is C12H13N3O3. The van der Waals surface area contributed by atoms with Gasteiger partial charge in [-0.1, -0.05) is 0 Å². The van der Waals surface area contributed by atoms with E-state index in [0.717, 1.165) is 11.4 Å². The SMILES string of the molecule is COc1ccc(-n2cnc(CCC(=O)O)n2)cc1. The van der Waals surface area contributed by atoms with Crippen molar-refractivity contribution in [2.24, 2.45) is 0 Å². The van der Waals surface area contributed by atoms with Gasteiger partial charge in [-0.25, -0.2) is 9.67 Å². The molecular weight excluding hydrogens is 234 g/mol. The largest absolute Gasteiger partial charge is 0.497 e. The third-order valence-electron chi connectivity index (χ3n) is 2.44. The second kappa shape index (κ2) is 5.31. The van der Waals surface area contributed by atoms with Gasteiger partial charge in [0.05, 0.1) is 19.2 Å². The van der Waals surface area contributed by atoms with Gasteiger partial charge in [0.15, 0.2) is 5.82 Å². The number of aryl methyl sites for hydroxylation is 1. The Balaban J connectivity index is 2.10. The van der Waals surface area contributed by atoms with E-state index in [1.165, 1.54) is 0 Å². The standard InChI is InChI=1S/C12H13N3O3/c1-18-10-4-2-9(3-5-10)15-8-13-11(14-15)6-7-12(16)17/h2-5,8H,6-7H2,1H3,(H,16,17). The number of ether oxygens (including phenoxy) is 1. The lowest BCUT2D eigenvalue weighted by Gasteiger charge is -2.02. The van der Waals surface area contributed by atoms with Crippen molar-refractivity contribution in [1.29, 1.82) is 0 Å². The Morgan fingerprint density at radius 1 is 1.39 bits per heavy atom. The highest BCUT2D eigenvalue weighted by molar-refractivity contribution is 5.66. The zero-order valence-corrected chi connectivity index (χ0v) is 9.91. The van der Waals surface area contributed by atoms with Crippen LogP contribution in [0.15, 0.2) is 30.6 Å². The molecule has 0 bridgehead atoms. The molecule has 0 amide bonds. The molecule has 0 spiro atoms. The Bertz CT molecular complexity index is 534. The van der Waals surface area contributed by atoms with Gasteiger partial charge in [0.25, 0.3) is 0 Å². The molecule has 94 valence electrons. The van der Waals surface area contributed by atoms with Crippen molar-refractivity contribution in [1.82, 2.24) is 14.8 Å². The van der Waals surface area contributed by atoms with Gasteiger partial charge in [-0.15, -0.1) is 0 Å². The monoisotopic (exact) mass is 247 g/mol. The number of aromatic nitrogens is 3. The van der Waals surface area contributed by atoms with Crippen LogP contribution in [0.3, 0.4) is 0 Å². The van der Waals surface area contributed by atoms with Crippen molar-refractivity contribution >= 4 is 5.97 Å². The molecule has 1 aromatic carbocycles. The van der Waals surface area contributed by atoms with E-state index in [-0.39, 0.29) is 6.42 Å². The summed E-state index contributed by atoms with van der Waals surface area (Å²) in [4.78, 5) is 14.5. The lowest BCUT2D eigenvalue weighted by Crippen LogP contribution is -2.00. The van der Waals surface area contributed by atoms with Crippen LogP contribution in [0.1, 0.15) is 12.2 Å². The van der Waals surface area contributed by atoms with Crippen molar-refractivity contribution in [3.05, 3.63) is 36.4 Å². The normalized spacial score (nSPS) is 10.3. The van der Waals surface area contributed by atoms with Crippen LogP contribution in [0, 0.1) is 0 Å². The number of nitrogens with zero attached hydrogens (tertiary/aromatic N) is 3. The van der Waals surface area contributed by atoms with E-state index in [1.54, 1.807) is 18.1 Å². The Morgan fingerprint density at radius 3 is 2.72 bits per heavy atom. The molecule has 0 radical (unpaired) electrons. The Morgan fingerprint density at radius 2 is 2.11 bits per heavy atom. The van der Waals surface area contributed by atoms with E-state index >= 15 is 0 Å². The molecule has 1 aromatic heterocycles. The van der Waals surface area contributed by atoms with Gasteiger partial charge in [-0.3, -0.25) is 4.79 Å². The molecule has 2 aromatic rings. The maximum atomic E-state index is 10.4. The van der Waals surface area contributed by atoms with Crippen LogP contribution in [0.5, 0.6) is 5.75 Å². The second-order valence-corrected chi connectivity index (χ2v) is 3.70. The van der Waals surface area contributed by atoms with Crippen molar-refractivity contribution in [3.63, 3.8) is 0 Å². The lowest BCUT2D eigenvalue weighted by atomic mass is 10.3. The number of hydrogen-bond acceptors (Lipinski definition) is 4. The molecule has 0 aliphatic carbocycles. The predicted molar refractivity (Wildman–Crippen MR) is 63.9 cm³/mol. The minimum absolute atomic E-state index is 0.0344. The molecule has 0 unspecified atom stereocenters. The fraction of sp³-hybridized carbons (Fsp3) is 0.250. The van der Waals surface area contributed by atoms with Gasteiger partial charge in [0.2, 0.25) is 0 Å². The minimum Gasteiger partial charge on any atom is -0.497 e. The average molecular weight is 247 g/mol.